The molecule has 1 N–H and O–H groups in total. The van der Waals surface area contributed by atoms with Gasteiger partial charge in [0.05, 0.1) is 27.3 Å². The van der Waals surface area contributed by atoms with Gasteiger partial charge in [0.15, 0.2) is 11.5 Å². The Bertz CT molecular complexity index is 1440. The Morgan fingerprint density at radius 3 is 2.53 bits per heavy atom. The topological polar surface area (TPSA) is 105 Å². The summed E-state index contributed by atoms with van der Waals surface area (Å²) in [4.78, 5) is 7.63. The zero-order valence-electron chi connectivity index (χ0n) is 16.7. The SMILES string of the molecule is COc1cc(/C=C(\C#N)c2nc3ccccc3[nH]2)cc(I)c1OS(=O)(=O)c1ccccc1. The van der Waals surface area contributed by atoms with Crippen molar-refractivity contribution in [2.75, 3.05) is 7.11 Å². The summed E-state index contributed by atoms with van der Waals surface area (Å²) in [6, 6.07) is 20.8. The van der Waals surface area contributed by atoms with Gasteiger partial charge in [-0.25, -0.2) is 4.98 Å². The molecular weight excluding hydrogens is 541 g/mol. The third-order valence-electron chi connectivity index (χ3n) is 4.55. The normalized spacial score (nSPS) is 11.8. The monoisotopic (exact) mass is 557 g/mol. The number of nitrogens with zero attached hydrogens (tertiary/aromatic N) is 2. The van der Waals surface area contributed by atoms with Crippen molar-refractivity contribution in [2.45, 2.75) is 4.90 Å². The first-order valence-electron chi connectivity index (χ1n) is 9.35. The molecule has 32 heavy (non-hydrogen) atoms. The average molecular weight is 557 g/mol. The smallest absolute Gasteiger partial charge is 0.339 e. The number of aromatic nitrogens is 2. The van der Waals surface area contributed by atoms with Crippen LogP contribution < -0.4 is 8.92 Å². The van der Waals surface area contributed by atoms with Crippen molar-refractivity contribution < 1.29 is 17.3 Å². The average Bonchev–Trinajstić information content (AvgIpc) is 3.23. The number of rotatable bonds is 6. The molecule has 3 aromatic carbocycles. The number of allylic oxidation sites excluding steroid dienone is 1. The third kappa shape index (κ3) is 4.46. The third-order valence-corrected chi connectivity index (χ3v) is 6.59. The Labute approximate surface area is 198 Å². The standard InChI is InChI=1S/C23H16IN3O4S/c1-30-21-13-15(11-16(14-25)23-26-19-9-5-6-10-20(19)27-23)12-18(24)22(21)31-32(28,29)17-7-3-2-4-8-17/h2-13H,1H3,(H,26,27)/b16-11+. The minimum absolute atomic E-state index is 0.0403. The van der Waals surface area contributed by atoms with Gasteiger partial charge in [-0.05, 0) is 70.6 Å². The number of imidazole rings is 1. The number of methoxy groups -OCH3 is 1. The lowest BCUT2D eigenvalue weighted by atomic mass is 10.1. The number of benzene rings is 3. The number of fused-ring (bicyclic) bond motifs is 1. The van der Waals surface area contributed by atoms with Crippen molar-refractivity contribution in [2.24, 2.45) is 0 Å². The van der Waals surface area contributed by atoms with Crippen molar-refractivity contribution >= 4 is 55.4 Å². The van der Waals surface area contributed by atoms with E-state index in [1.54, 1.807) is 36.4 Å². The first kappa shape index (κ1) is 21.9. The maximum atomic E-state index is 12.7. The Balaban J connectivity index is 1.72. The summed E-state index contributed by atoms with van der Waals surface area (Å²) in [5.41, 5.74) is 2.54. The molecule has 0 aliphatic carbocycles. The van der Waals surface area contributed by atoms with Gasteiger partial charge in [0.25, 0.3) is 0 Å². The highest BCUT2D eigenvalue weighted by Gasteiger charge is 2.22. The maximum Gasteiger partial charge on any atom is 0.339 e. The van der Waals surface area contributed by atoms with E-state index in [1.807, 2.05) is 46.9 Å². The van der Waals surface area contributed by atoms with Crippen molar-refractivity contribution in [3.05, 3.63) is 81.7 Å². The maximum absolute atomic E-state index is 12.7. The lowest BCUT2D eigenvalue weighted by Crippen LogP contribution is -2.11. The van der Waals surface area contributed by atoms with Crippen LogP contribution in [0.4, 0.5) is 0 Å². The van der Waals surface area contributed by atoms with Crippen LogP contribution in [0.1, 0.15) is 11.4 Å². The van der Waals surface area contributed by atoms with Crippen LogP contribution in [0.2, 0.25) is 0 Å². The zero-order valence-corrected chi connectivity index (χ0v) is 19.7. The van der Waals surface area contributed by atoms with Crippen molar-refractivity contribution in [3.63, 3.8) is 0 Å². The van der Waals surface area contributed by atoms with Gasteiger partial charge in [0, 0.05) is 0 Å². The molecule has 7 nitrogen and oxygen atoms in total. The lowest BCUT2D eigenvalue weighted by Gasteiger charge is -2.13. The highest BCUT2D eigenvalue weighted by Crippen LogP contribution is 2.37. The molecule has 0 saturated heterocycles. The molecular formula is C23H16IN3O4S. The van der Waals surface area contributed by atoms with Crippen LogP contribution in [-0.4, -0.2) is 25.5 Å². The lowest BCUT2D eigenvalue weighted by molar-refractivity contribution is 0.389. The number of hydrogen-bond acceptors (Lipinski definition) is 6. The number of nitriles is 1. The molecule has 4 rings (SSSR count). The summed E-state index contributed by atoms with van der Waals surface area (Å²) < 4.78 is 36.6. The molecule has 0 atom stereocenters. The fraction of sp³-hybridized carbons (Fsp3) is 0.0435. The molecule has 0 spiro atoms. The summed E-state index contributed by atoms with van der Waals surface area (Å²) in [6.07, 6.45) is 1.65. The van der Waals surface area contributed by atoms with Gasteiger partial charge in [-0.15, -0.1) is 0 Å². The molecule has 0 aliphatic heterocycles. The van der Waals surface area contributed by atoms with E-state index in [-0.39, 0.29) is 16.4 Å². The summed E-state index contributed by atoms with van der Waals surface area (Å²) in [5.74, 6) is 0.746. The van der Waals surface area contributed by atoms with Crippen LogP contribution in [0.25, 0.3) is 22.7 Å². The number of hydrogen-bond donors (Lipinski definition) is 1. The largest absolute Gasteiger partial charge is 0.493 e. The van der Waals surface area contributed by atoms with E-state index in [4.69, 9.17) is 8.92 Å². The molecule has 0 unspecified atom stereocenters. The van der Waals surface area contributed by atoms with Crippen LogP contribution >= 0.6 is 22.6 Å². The molecule has 1 aromatic heterocycles. The summed E-state index contributed by atoms with van der Waals surface area (Å²) >= 11 is 1.97. The van der Waals surface area contributed by atoms with E-state index >= 15 is 0 Å². The Morgan fingerprint density at radius 1 is 1.12 bits per heavy atom. The zero-order chi connectivity index (χ0) is 22.7. The predicted molar refractivity (Wildman–Crippen MR) is 130 cm³/mol. The number of nitrogens with one attached hydrogen (secondary N) is 1. The first-order valence-corrected chi connectivity index (χ1v) is 11.8. The van der Waals surface area contributed by atoms with Gasteiger partial charge < -0.3 is 13.9 Å². The minimum atomic E-state index is -4.03. The van der Waals surface area contributed by atoms with Gasteiger partial charge in [0.1, 0.15) is 16.8 Å². The summed E-state index contributed by atoms with van der Waals surface area (Å²) in [7, 11) is -2.61. The van der Waals surface area contributed by atoms with E-state index in [0.29, 0.717) is 20.5 Å². The molecule has 0 saturated carbocycles. The van der Waals surface area contributed by atoms with Gasteiger partial charge >= 0.3 is 10.1 Å². The van der Waals surface area contributed by atoms with E-state index in [2.05, 4.69) is 16.0 Å². The van der Waals surface area contributed by atoms with Crippen LogP contribution in [0, 0.1) is 14.9 Å². The van der Waals surface area contributed by atoms with E-state index in [9.17, 15) is 13.7 Å². The first-order chi connectivity index (χ1) is 15.4. The van der Waals surface area contributed by atoms with Crippen molar-refractivity contribution in [1.29, 1.82) is 5.26 Å². The Morgan fingerprint density at radius 2 is 1.84 bits per heavy atom. The minimum Gasteiger partial charge on any atom is -0.493 e. The molecule has 9 heteroatoms. The number of H-pyrrole nitrogens is 1. The quantitative estimate of drug-likeness (QED) is 0.203. The van der Waals surface area contributed by atoms with Gasteiger partial charge in [-0.3, -0.25) is 0 Å². The van der Waals surface area contributed by atoms with Crippen LogP contribution in [0.5, 0.6) is 11.5 Å². The van der Waals surface area contributed by atoms with Crippen LogP contribution in [-0.2, 0) is 10.1 Å². The number of para-hydroxylation sites is 2. The van der Waals surface area contributed by atoms with Crippen molar-refractivity contribution in [1.82, 2.24) is 9.97 Å². The van der Waals surface area contributed by atoms with E-state index < -0.39 is 10.1 Å². The van der Waals surface area contributed by atoms with Crippen LogP contribution in [0.3, 0.4) is 0 Å². The molecule has 1 heterocycles. The molecule has 0 radical (unpaired) electrons. The molecule has 160 valence electrons. The Hall–Kier alpha value is -3.36. The number of ether oxygens (including phenoxy) is 1. The second-order valence-electron chi connectivity index (χ2n) is 6.66. The van der Waals surface area contributed by atoms with Gasteiger partial charge in [-0.2, -0.15) is 13.7 Å². The second-order valence-corrected chi connectivity index (χ2v) is 9.37. The molecule has 0 amide bonds. The highest BCUT2D eigenvalue weighted by atomic mass is 127. The number of halogens is 1. The molecule has 0 aliphatic rings. The fourth-order valence-corrected chi connectivity index (χ4v) is 4.91. The molecule has 4 aromatic rings. The number of aromatic amines is 1. The van der Waals surface area contributed by atoms with E-state index in [1.165, 1.54) is 19.2 Å². The summed E-state index contributed by atoms with van der Waals surface area (Å²) in [6.45, 7) is 0. The van der Waals surface area contributed by atoms with Crippen molar-refractivity contribution in [3.8, 4) is 17.6 Å². The molecule has 0 fully saturated rings. The summed E-state index contributed by atoms with van der Waals surface area (Å²) in [5, 5.41) is 9.68. The fourth-order valence-electron chi connectivity index (χ4n) is 3.05. The van der Waals surface area contributed by atoms with Gasteiger partial charge in [-0.1, -0.05) is 30.3 Å². The van der Waals surface area contributed by atoms with E-state index in [0.717, 1.165) is 11.0 Å². The molecule has 0 bridgehead atoms. The highest BCUT2D eigenvalue weighted by molar-refractivity contribution is 14.1. The second kappa shape index (κ2) is 9.02. The predicted octanol–water partition coefficient (Wildman–Crippen LogP) is 5.01. The van der Waals surface area contributed by atoms with Gasteiger partial charge in [0.2, 0.25) is 0 Å². The Kier molecular flexibility index (Phi) is 6.16. The van der Waals surface area contributed by atoms with Crippen LogP contribution in [0.15, 0.2) is 71.6 Å².